The first-order chi connectivity index (χ1) is 14.8. The number of nitrogens with zero attached hydrogens (tertiary/aromatic N) is 4. The van der Waals surface area contributed by atoms with Crippen molar-refractivity contribution in [2.75, 3.05) is 43.5 Å². The maximum Gasteiger partial charge on any atom is 0.161 e. The summed E-state index contributed by atoms with van der Waals surface area (Å²) in [6.45, 7) is 6.03. The lowest BCUT2D eigenvalue weighted by molar-refractivity contribution is 0.122. The predicted octanol–water partition coefficient (Wildman–Crippen LogP) is 3.12. The molecular formula is C24H27N5O. The summed E-state index contributed by atoms with van der Waals surface area (Å²) in [5, 5.41) is 0. The first-order valence-corrected chi connectivity index (χ1v) is 10.6. The highest BCUT2D eigenvalue weighted by Crippen LogP contribution is 2.31. The summed E-state index contributed by atoms with van der Waals surface area (Å²) >= 11 is 0. The zero-order valence-electron chi connectivity index (χ0n) is 17.1. The average molecular weight is 402 g/mol. The largest absolute Gasteiger partial charge is 0.399 e. The molecule has 2 aliphatic heterocycles. The Hall–Kier alpha value is -2.96. The van der Waals surface area contributed by atoms with Gasteiger partial charge in [0.05, 0.1) is 18.9 Å². The van der Waals surface area contributed by atoms with Crippen LogP contribution in [-0.2, 0) is 24.2 Å². The van der Waals surface area contributed by atoms with Gasteiger partial charge in [0.1, 0.15) is 5.82 Å². The number of hydrogen-bond acceptors (Lipinski definition) is 6. The molecule has 0 unspecified atom stereocenters. The molecule has 1 fully saturated rings. The van der Waals surface area contributed by atoms with Crippen LogP contribution < -0.4 is 10.6 Å². The van der Waals surface area contributed by atoms with Crippen molar-refractivity contribution in [3.63, 3.8) is 0 Å². The Kier molecular flexibility index (Phi) is 5.34. The van der Waals surface area contributed by atoms with Gasteiger partial charge in [-0.3, -0.25) is 4.90 Å². The minimum Gasteiger partial charge on any atom is -0.399 e. The molecule has 6 heteroatoms. The zero-order chi connectivity index (χ0) is 20.3. The van der Waals surface area contributed by atoms with Crippen LogP contribution in [-0.4, -0.2) is 47.7 Å². The second kappa shape index (κ2) is 8.42. The van der Waals surface area contributed by atoms with Crippen molar-refractivity contribution in [1.82, 2.24) is 14.9 Å². The Bertz CT molecular complexity index is 1000. The third-order valence-electron chi connectivity index (χ3n) is 5.85. The van der Waals surface area contributed by atoms with Gasteiger partial charge in [0.25, 0.3) is 0 Å². The van der Waals surface area contributed by atoms with E-state index in [9.17, 15) is 0 Å². The van der Waals surface area contributed by atoms with E-state index >= 15 is 0 Å². The minimum atomic E-state index is 0.740. The molecule has 0 spiro atoms. The number of fused-ring (bicyclic) bond motifs is 1. The Balaban J connectivity index is 1.49. The van der Waals surface area contributed by atoms with Crippen LogP contribution in [0.1, 0.15) is 16.8 Å². The van der Waals surface area contributed by atoms with Crippen LogP contribution in [0.3, 0.4) is 0 Å². The van der Waals surface area contributed by atoms with E-state index in [1.54, 1.807) is 0 Å². The Morgan fingerprint density at radius 3 is 2.43 bits per heavy atom. The van der Waals surface area contributed by atoms with Gasteiger partial charge in [0, 0.05) is 56.0 Å². The highest BCUT2D eigenvalue weighted by atomic mass is 16.5. The number of anilines is 2. The van der Waals surface area contributed by atoms with E-state index in [-0.39, 0.29) is 0 Å². The quantitative estimate of drug-likeness (QED) is 0.678. The van der Waals surface area contributed by atoms with E-state index in [1.807, 2.05) is 24.3 Å². The smallest absolute Gasteiger partial charge is 0.161 e. The number of nitrogens with two attached hydrogens (primary N) is 1. The van der Waals surface area contributed by atoms with Gasteiger partial charge in [-0.25, -0.2) is 9.97 Å². The van der Waals surface area contributed by atoms with Crippen molar-refractivity contribution in [3.05, 3.63) is 71.4 Å². The van der Waals surface area contributed by atoms with Crippen LogP contribution in [0.25, 0.3) is 11.4 Å². The molecule has 0 saturated carbocycles. The van der Waals surface area contributed by atoms with E-state index in [4.69, 9.17) is 20.4 Å². The summed E-state index contributed by atoms with van der Waals surface area (Å²) in [4.78, 5) is 14.9. The maximum absolute atomic E-state index is 5.87. The van der Waals surface area contributed by atoms with Crippen LogP contribution in [0.15, 0.2) is 54.6 Å². The topological polar surface area (TPSA) is 67.5 Å². The fourth-order valence-electron chi connectivity index (χ4n) is 4.23. The van der Waals surface area contributed by atoms with Crippen LogP contribution in [0, 0.1) is 0 Å². The Morgan fingerprint density at radius 2 is 1.67 bits per heavy atom. The number of nitrogen functional groups attached to an aromatic ring is 1. The lowest BCUT2D eigenvalue weighted by Crippen LogP contribution is -2.39. The van der Waals surface area contributed by atoms with Crippen molar-refractivity contribution in [2.24, 2.45) is 0 Å². The maximum atomic E-state index is 5.87. The third-order valence-corrected chi connectivity index (χ3v) is 5.85. The normalized spacial score (nSPS) is 17.0. The molecule has 6 nitrogen and oxygen atoms in total. The summed E-state index contributed by atoms with van der Waals surface area (Å²) in [6, 6.07) is 18.5. The molecule has 154 valence electrons. The lowest BCUT2D eigenvalue weighted by Gasteiger charge is -2.34. The summed E-state index contributed by atoms with van der Waals surface area (Å²) in [5.41, 5.74) is 11.4. The van der Waals surface area contributed by atoms with Gasteiger partial charge < -0.3 is 15.4 Å². The molecule has 2 aromatic carbocycles. The highest BCUT2D eigenvalue weighted by Gasteiger charge is 2.26. The molecule has 2 N–H and O–H groups in total. The fraction of sp³-hybridized carbons (Fsp3) is 0.333. The van der Waals surface area contributed by atoms with Gasteiger partial charge in [-0.1, -0.05) is 30.3 Å². The van der Waals surface area contributed by atoms with E-state index in [2.05, 4.69) is 40.1 Å². The second-order valence-corrected chi connectivity index (χ2v) is 7.96. The van der Waals surface area contributed by atoms with Crippen molar-refractivity contribution in [1.29, 1.82) is 0 Å². The summed E-state index contributed by atoms with van der Waals surface area (Å²) in [6.07, 6.45) is 0.935. The predicted molar refractivity (Wildman–Crippen MR) is 119 cm³/mol. The van der Waals surface area contributed by atoms with Gasteiger partial charge in [0.15, 0.2) is 5.82 Å². The number of morpholine rings is 1. The van der Waals surface area contributed by atoms with Crippen LogP contribution in [0.2, 0.25) is 0 Å². The molecule has 0 aliphatic carbocycles. The van der Waals surface area contributed by atoms with E-state index in [0.29, 0.717) is 0 Å². The molecular weight excluding hydrogens is 374 g/mol. The van der Waals surface area contributed by atoms with Crippen molar-refractivity contribution < 1.29 is 4.74 Å². The molecule has 1 aromatic heterocycles. The van der Waals surface area contributed by atoms with Gasteiger partial charge in [0.2, 0.25) is 0 Å². The summed E-state index contributed by atoms with van der Waals surface area (Å²) < 4.78 is 5.58. The van der Waals surface area contributed by atoms with Crippen molar-refractivity contribution in [3.8, 4) is 11.4 Å². The molecule has 0 bridgehead atoms. The van der Waals surface area contributed by atoms with Gasteiger partial charge >= 0.3 is 0 Å². The second-order valence-electron chi connectivity index (χ2n) is 7.96. The van der Waals surface area contributed by atoms with Crippen molar-refractivity contribution in [2.45, 2.75) is 19.5 Å². The first-order valence-electron chi connectivity index (χ1n) is 10.6. The molecule has 30 heavy (non-hydrogen) atoms. The molecule has 5 rings (SSSR count). The molecule has 3 aromatic rings. The monoisotopic (exact) mass is 401 g/mol. The first kappa shape index (κ1) is 19.0. The third kappa shape index (κ3) is 4.01. The summed E-state index contributed by atoms with van der Waals surface area (Å²) in [5.74, 6) is 1.85. The Morgan fingerprint density at radius 1 is 0.900 bits per heavy atom. The number of rotatable bonds is 4. The van der Waals surface area contributed by atoms with Gasteiger partial charge in [-0.2, -0.15) is 0 Å². The lowest BCUT2D eigenvalue weighted by atomic mass is 10.0. The molecule has 0 amide bonds. The zero-order valence-corrected chi connectivity index (χ0v) is 17.1. The number of benzene rings is 2. The molecule has 3 heterocycles. The van der Waals surface area contributed by atoms with Crippen LogP contribution in [0.5, 0.6) is 0 Å². The molecule has 2 aliphatic rings. The highest BCUT2D eigenvalue weighted by molar-refractivity contribution is 5.63. The van der Waals surface area contributed by atoms with Crippen LogP contribution >= 0.6 is 0 Å². The van der Waals surface area contributed by atoms with E-state index in [0.717, 1.165) is 75.3 Å². The van der Waals surface area contributed by atoms with E-state index in [1.165, 1.54) is 16.8 Å². The van der Waals surface area contributed by atoms with Crippen molar-refractivity contribution >= 4 is 11.5 Å². The number of hydrogen-bond donors (Lipinski definition) is 1. The summed E-state index contributed by atoms with van der Waals surface area (Å²) in [7, 11) is 0. The van der Waals surface area contributed by atoms with Gasteiger partial charge in [-0.05, 0) is 29.8 Å². The fourth-order valence-corrected chi connectivity index (χ4v) is 4.23. The van der Waals surface area contributed by atoms with E-state index < -0.39 is 0 Å². The SMILES string of the molecule is Nc1ccc(-c2nc3c(c(N4CCOCC4)n2)CN(Cc2ccccc2)CC3)cc1. The Labute approximate surface area is 177 Å². The standard InChI is InChI=1S/C24H27N5O/c25-20-8-6-19(7-9-20)23-26-22-10-11-28(16-18-4-2-1-3-5-18)17-21(22)24(27-23)29-12-14-30-15-13-29/h1-9H,10-17,25H2. The minimum absolute atomic E-state index is 0.740. The molecule has 1 saturated heterocycles. The molecule has 0 atom stereocenters. The molecule has 0 radical (unpaired) electrons. The average Bonchev–Trinajstić information content (AvgIpc) is 2.80. The number of aromatic nitrogens is 2. The number of ether oxygens (including phenoxy) is 1. The van der Waals surface area contributed by atoms with Gasteiger partial charge in [-0.15, -0.1) is 0 Å². The van der Waals surface area contributed by atoms with Crippen LogP contribution in [0.4, 0.5) is 11.5 Å².